The number of amides is 1. The number of halogens is 1. The van der Waals surface area contributed by atoms with Crippen LogP contribution in [0.1, 0.15) is 12.5 Å². The van der Waals surface area contributed by atoms with Crippen LogP contribution in [-0.4, -0.2) is 11.9 Å². The van der Waals surface area contributed by atoms with Gasteiger partial charge < -0.3 is 10.6 Å². The molecule has 3 nitrogen and oxygen atoms in total. The van der Waals surface area contributed by atoms with Crippen LogP contribution in [0.5, 0.6) is 0 Å². The molecule has 4 heteroatoms. The van der Waals surface area contributed by atoms with Gasteiger partial charge in [-0.25, -0.2) is 0 Å². The molecule has 0 aliphatic rings. The van der Waals surface area contributed by atoms with Crippen LogP contribution >= 0.6 is 15.9 Å². The quantitative estimate of drug-likeness (QED) is 0.881. The van der Waals surface area contributed by atoms with Crippen molar-refractivity contribution in [2.75, 3.05) is 10.6 Å². The Balaban J connectivity index is 1.94. The van der Waals surface area contributed by atoms with Crippen molar-refractivity contribution in [3.05, 3.63) is 58.6 Å². The fraction of sp³-hybridized carbons (Fsp3) is 0.188. The highest BCUT2D eigenvalue weighted by molar-refractivity contribution is 9.10. The Morgan fingerprint density at radius 1 is 1.00 bits per heavy atom. The second-order valence-corrected chi connectivity index (χ2v) is 5.64. The van der Waals surface area contributed by atoms with Crippen LogP contribution in [0.3, 0.4) is 0 Å². The largest absolute Gasteiger partial charge is 0.374 e. The standard InChI is InChI=1S/C16H17BrN2O/c1-11-3-7-14(8-4-11)18-12(2)16(20)19-15-9-5-13(17)6-10-15/h3-10,12,18H,1-2H3,(H,19,20). The van der Waals surface area contributed by atoms with Crippen molar-refractivity contribution < 1.29 is 4.79 Å². The van der Waals surface area contributed by atoms with Gasteiger partial charge in [0.05, 0.1) is 0 Å². The monoisotopic (exact) mass is 332 g/mol. The van der Waals surface area contributed by atoms with Crippen LogP contribution < -0.4 is 10.6 Å². The van der Waals surface area contributed by atoms with Crippen molar-refractivity contribution in [2.24, 2.45) is 0 Å². The van der Waals surface area contributed by atoms with E-state index in [0.717, 1.165) is 15.8 Å². The molecule has 0 spiro atoms. The predicted octanol–water partition coefficient (Wildman–Crippen LogP) is 4.20. The van der Waals surface area contributed by atoms with E-state index in [-0.39, 0.29) is 11.9 Å². The molecular weight excluding hydrogens is 316 g/mol. The smallest absolute Gasteiger partial charge is 0.246 e. The van der Waals surface area contributed by atoms with Crippen molar-refractivity contribution in [1.82, 2.24) is 0 Å². The second-order valence-electron chi connectivity index (χ2n) is 4.73. The summed E-state index contributed by atoms with van der Waals surface area (Å²) in [7, 11) is 0. The van der Waals surface area contributed by atoms with E-state index in [2.05, 4.69) is 26.6 Å². The van der Waals surface area contributed by atoms with Crippen molar-refractivity contribution in [2.45, 2.75) is 19.9 Å². The maximum atomic E-state index is 12.1. The molecule has 0 aliphatic heterocycles. The van der Waals surface area contributed by atoms with Crippen LogP contribution in [-0.2, 0) is 4.79 Å². The van der Waals surface area contributed by atoms with Crippen LogP contribution in [0.4, 0.5) is 11.4 Å². The molecule has 0 radical (unpaired) electrons. The lowest BCUT2D eigenvalue weighted by atomic mass is 10.2. The summed E-state index contributed by atoms with van der Waals surface area (Å²) in [4.78, 5) is 12.1. The predicted molar refractivity (Wildman–Crippen MR) is 87.0 cm³/mol. The van der Waals surface area contributed by atoms with E-state index in [1.54, 1.807) is 0 Å². The Morgan fingerprint density at radius 3 is 2.15 bits per heavy atom. The molecule has 2 aromatic carbocycles. The van der Waals surface area contributed by atoms with Gasteiger partial charge in [-0.1, -0.05) is 33.6 Å². The Labute approximate surface area is 127 Å². The molecule has 0 saturated carbocycles. The van der Waals surface area contributed by atoms with E-state index >= 15 is 0 Å². The van der Waals surface area contributed by atoms with Gasteiger partial charge in [0.25, 0.3) is 0 Å². The Hall–Kier alpha value is -1.81. The van der Waals surface area contributed by atoms with Crippen LogP contribution in [0.2, 0.25) is 0 Å². The van der Waals surface area contributed by atoms with Gasteiger partial charge in [-0.15, -0.1) is 0 Å². The van der Waals surface area contributed by atoms with Crippen molar-refractivity contribution in [1.29, 1.82) is 0 Å². The molecule has 104 valence electrons. The van der Waals surface area contributed by atoms with Gasteiger partial charge >= 0.3 is 0 Å². The SMILES string of the molecule is Cc1ccc(NC(C)C(=O)Nc2ccc(Br)cc2)cc1. The fourth-order valence-electron chi connectivity index (χ4n) is 1.75. The zero-order chi connectivity index (χ0) is 14.5. The molecule has 0 saturated heterocycles. The second kappa shape index (κ2) is 6.57. The Morgan fingerprint density at radius 2 is 1.55 bits per heavy atom. The van der Waals surface area contributed by atoms with Gasteiger partial charge in [0.1, 0.15) is 6.04 Å². The average Bonchev–Trinajstić information content (AvgIpc) is 2.44. The average molecular weight is 333 g/mol. The van der Waals surface area contributed by atoms with Gasteiger partial charge in [-0.3, -0.25) is 4.79 Å². The maximum Gasteiger partial charge on any atom is 0.246 e. The van der Waals surface area contributed by atoms with Gasteiger partial charge in [0, 0.05) is 15.8 Å². The van der Waals surface area contributed by atoms with Gasteiger partial charge in [0.15, 0.2) is 0 Å². The molecule has 2 N–H and O–H groups in total. The van der Waals surface area contributed by atoms with Crippen molar-refractivity contribution in [3.63, 3.8) is 0 Å². The van der Waals surface area contributed by atoms with E-state index in [1.165, 1.54) is 5.56 Å². The first-order valence-electron chi connectivity index (χ1n) is 6.44. The van der Waals surface area contributed by atoms with E-state index in [0.29, 0.717) is 0 Å². The van der Waals surface area contributed by atoms with E-state index < -0.39 is 0 Å². The lowest BCUT2D eigenvalue weighted by Crippen LogP contribution is -2.31. The fourth-order valence-corrected chi connectivity index (χ4v) is 2.01. The molecule has 0 fully saturated rings. The normalized spacial score (nSPS) is 11.8. The summed E-state index contributed by atoms with van der Waals surface area (Å²) in [6.07, 6.45) is 0. The highest BCUT2D eigenvalue weighted by atomic mass is 79.9. The molecule has 1 amide bonds. The lowest BCUT2D eigenvalue weighted by Gasteiger charge is -2.15. The summed E-state index contributed by atoms with van der Waals surface area (Å²) in [5.74, 6) is -0.0621. The molecule has 0 bridgehead atoms. The third-order valence-corrected chi connectivity index (χ3v) is 3.47. The topological polar surface area (TPSA) is 41.1 Å². The minimum absolute atomic E-state index is 0.0621. The van der Waals surface area contributed by atoms with Gasteiger partial charge in [-0.2, -0.15) is 0 Å². The Kier molecular flexibility index (Phi) is 4.79. The number of aryl methyl sites for hydroxylation is 1. The number of anilines is 2. The molecule has 2 aromatic rings. The summed E-state index contributed by atoms with van der Waals surface area (Å²) in [6.45, 7) is 3.88. The molecule has 0 aliphatic carbocycles. The number of rotatable bonds is 4. The maximum absolute atomic E-state index is 12.1. The van der Waals surface area contributed by atoms with Gasteiger partial charge in [-0.05, 0) is 50.2 Å². The van der Waals surface area contributed by atoms with Crippen molar-refractivity contribution in [3.8, 4) is 0 Å². The van der Waals surface area contributed by atoms with Crippen LogP contribution in [0, 0.1) is 6.92 Å². The summed E-state index contributed by atoms with van der Waals surface area (Å²) >= 11 is 3.37. The first-order chi connectivity index (χ1) is 9.54. The number of hydrogen-bond donors (Lipinski definition) is 2. The van der Waals surface area contributed by atoms with Crippen LogP contribution in [0.25, 0.3) is 0 Å². The van der Waals surface area contributed by atoms with Crippen LogP contribution in [0.15, 0.2) is 53.0 Å². The molecule has 1 atom stereocenters. The van der Waals surface area contributed by atoms with E-state index in [9.17, 15) is 4.79 Å². The summed E-state index contributed by atoms with van der Waals surface area (Å²) < 4.78 is 0.987. The highest BCUT2D eigenvalue weighted by Gasteiger charge is 2.12. The minimum atomic E-state index is -0.304. The molecule has 20 heavy (non-hydrogen) atoms. The van der Waals surface area contributed by atoms with E-state index in [4.69, 9.17) is 0 Å². The third-order valence-electron chi connectivity index (χ3n) is 2.94. The summed E-state index contributed by atoms with van der Waals surface area (Å²) in [5.41, 5.74) is 2.92. The zero-order valence-electron chi connectivity index (χ0n) is 11.5. The molecule has 2 rings (SSSR count). The zero-order valence-corrected chi connectivity index (χ0v) is 13.1. The molecule has 1 unspecified atom stereocenters. The first kappa shape index (κ1) is 14.6. The minimum Gasteiger partial charge on any atom is -0.374 e. The Bertz CT molecular complexity index is 578. The third kappa shape index (κ3) is 4.10. The number of carbonyl (C=O) groups is 1. The lowest BCUT2D eigenvalue weighted by molar-refractivity contribution is -0.116. The first-order valence-corrected chi connectivity index (χ1v) is 7.23. The van der Waals surface area contributed by atoms with E-state index in [1.807, 2.05) is 62.4 Å². The van der Waals surface area contributed by atoms with Gasteiger partial charge in [0.2, 0.25) is 5.91 Å². The summed E-state index contributed by atoms with van der Waals surface area (Å²) in [5, 5.41) is 6.06. The molecule has 0 aromatic heterocycles. The number of hydrogen-bond acceptors (Lipinski definition) is 2. The summed E-state index contributed by atoms with van der Waals surface area (Å²) in [6, 6.07) is 15.2. The molecule has 0 heterocycles. The molecular formula is C16H17BrN2O. The number of benzene rings is 2. The van der Waals surface area contributed by atoms with Crippen molar-refractivity contribution >= 4 is 33.2 Å². The number of carbonyl (C=O) groups excluding carboxylic acids is 1. The highest BCUT2D eigenvalue weighted by Crippen LogP contribution is 2.15. The number of nitrogens with one attached hydrogen (secondary N) is 2.